The highest BCUT2D eigenvalue weighted by molar-refractivity contribution is 7.89. The van der Waals surface area contributed by atoms with Gasteiger partial charge in [-0.15, -0.1) is 0 Å². The maximum absolute atomic E-state index is 13.9. The minimum Gasteiger partial charge on any atom is -0.355 e. The molecule has 2 aromatic rings. The molecule has 1 fully saturated rings. The van der Waals surface area contributed by atoms with Gasteiger partial charge >= 0.3 is 0 Å². The van der Waals surface area contributed by atoms with E-state index in [2.05, 4.69) is 5.16 Å². The molecule has 1 amide bonds. The van der Waals surface area contributed by atoms with E-state index in [1.165, 1.54) is 29.4 Å². The molecule has 10 heteroatoms. The standard InChI is InChI=1S/C24H31F2N3O4S/c1-4-12-28(13-5-2)24(30)19-10-14-29(15-11-19)34(31,32)23-17(3)27-33-22(23)9-7-18-6-8-20(25)16-21(18)26/h6-9,16,19H,4-5,10-15H2,1-3H3. The average Bonchev–Trinajstić information content (AvgIpc) is 3.19. The monoisotopic (exact) mass is 495 g/mol. The fourth-order valence-electron chi connectivity index (χ4n) is 4.20. The first kappa shape index (κ1) is 26.0. The molecular weight excluding hydrogens is 464 g/mol. The molecule has 0 bridgehead atoms. The van der Waals surface area contributed by atoms with E-state index in [4.69, 9.17) is 4.52 Å². The van der Waals surface area contributed by atoms with Gasteiger partial charge < -0.3 is 9.42 Å². The van der Waals surface area contributed by atoms with Crippen LogP contribution in [0.1, 0.15) is 56.5 Å². The summed E-state index contributed by atoms with van der Waals surface area (Å²) in [6, 6.07) is 3.11. The molecule has 1 aliphatic rings. The summed E-state index contributed by atoms with van der Waals surface area (Å²) in [4.78, 5) is 14.7. The number of amides is 1. The summed E-state index contributed by atoms with van der Waals surface area (Å²) in [6.45, 7) is 7.42. The first-order valence-electron chi connectivity index (χ1n) is 11.6. The number of sulfonamides is 1. The predicted molar refractivity (Wildman–Crippen MR) is 125 cm³/mol. The zero-order valence-corrected chi connectivity index (χ0v) is 20.6. The van der Waals surface area contributed by atoms with Crippen LogP contribution < -0.4 is 0 Å². The number of carbonyl (C=O) groups excluding carboxylic acids is 1. The molecule has 1 aromatic carbocycles. The van der Waals surface area contributed by atoms with Crippen LogP contribution in [0.15, 0.2) is 27.6 Å². The normalized spacial score (nSPS) is 15.8. The molecule has 0 atom stereocenters. The van der Waals surface area contributed by atoms with E-state index in [9.17, 15) is 22.0 Å². The van der Waals surface area contributed by atoms with E-state index in [0.717, 1.165) is 25.0 Å². The summed E-state index contributed by atoms with van der Waals surface area (Å²) >= 11 is 0. The summed E-state index contributed by atoms with van der Waals surface area (Å²) in [5.41, 5.74) is 0.274. The zero-order valence-electron chi connectivity index (χ0n) is 19.8. The fourth-order valence-corrected chi connectivity index (χ4v) is 5.92. The second-order valence-corrected chi connectivity index (χ2v) is 10.3. The van der Waals surface area contributed by atoms with Gasteiger partial charge in [0.15, 0.2) is 10.7 Å². The van der Waals surface area contributed by atoms with Gasteiger partial charge in [0.05, 0.1) is 0 Å². The van der Waals surface area contributed by atoms with Gasteiger partial charge in [0.1, 0.15) is 17.3 Å². The molecule has 1 aromatic heterocycles. The molecule has 0 radical (unpaired) electrons. The number of carbonyl (C=O) groups is 1. The van der Waals surface area contributed by atoms with Crippen LogP contribution in [0.5, 0.6) is 0 Å². The lowest BCUT2D eigenvalue weighted by atomic mass is 9.96. The lowest BCUT2D eigenvalue weighted by Gasteiger charge is -2.33. The second-order valence-electron chi connectivity index (χ2n) is 8.46. The largest absolute Gasteiger partial charge is 0.355 e. The number of aryl methyl sites for hydroxylation is 1. The first-order chi connectivity index (χ1) is 16.2. The summed E-state index contributed by atoms with van der Waals surface area (Å²) in [6.07, 6.45) is 5.27. The molecule has 0 saturated carbocycles. The van der Waals surface area contributed by atoms with E-state index in [1.54, 1.807) is 0 Å². The second kappa shape index (κ2) is 11.2. The molecular formula is C24H31F2N3O4S. The third-order valence-corrected chi connectivity index (χ3v) is 7.97. The van der Waals surface area contributed by atoms with Crippen molar-refractivity contribution in [1.29, 1.82) is 0 Å². The lowest BCUT2D eigenvalue weighted by molar-refractivity contribution is -0.136. The number of hydrogen-bond acceptors (Lipinski definition) is 5. The van der Waals surface area contributed by atoms with Crippen LogP contribution >= 0.6 is 0 Å². The molecule has 1 saturated heterocycles. The van der Waals surface area contributed by atoms with Crippen LogP contribution in [0.25, 0.3) is 12.2 Å². The van der Waals surface area contributed by atoms with Gasteiger partial charge in [0, 0.05) is 43.7 Å². The molecule has 7 nitrogen and oxygen atoms in total. The van der Waals surface area contributed by atoms with Gasteiger partial charge in [-0.3, -0.25) is 4.79 Å². The maximum Gasteiger partial charge on any atom is 0.248 e. The van der Waals surface area contributed by atoms with Crippen LogP contribution in [-0.2, 0) is 14.8 Å². The van der Waals surface area contributed by atoms with Crippen LogP contribution in [0, 0.1) is 24.5 Å². The topological polar surface area (TPSA) is 83.7 Å². The van der Waals surface area contributed by atoms with Crippen molar-refractivity contribution in [1.82, 2.24) is 14.4 Å². The van der Waals surface area contributed by atoms with Crippen molar-refractivity contribution in [3.8, 4) is 0 Å². The van der Waals surface area contributed by atoms with Crippen molar-refractivity contribution in [2.24, 2.45) is 5.92 Å². The predicted octanol–water partition coefficient (Wildman–Crippen LogP) is 4.48. The van der Waals surface area contributed by atoms with Gasteiger partial charge in [-0.2, -0.15) is 4.31 Å². The van der Waals surface area contributed by atoms with Crippen molar-refractivity contribution < 1.29 is 26.5 Å². The first-order valence-corrected chi connectivity index (χ1v) is 13.0. The Bertz CT molecular complexity index is 1130. The SMILES string of the molecule is CCCN(CCC)C(=O)C1CCN(S(=O)(=O)c2c(C)noc2C=Cc2ccc(F)cc2F)CC1. The van der Waals surface area contributed by atoms with Crippen molar-refractivity contribution in [2.45, 2.75) is 51.3 Å². The number of hydrogen-bond donors (Lipinski definition) is 0. The lowest BCUT2D eigenvalue weighted by Crippen LogP contribution is -2.45. The number of aromatic nitrogens is 1. The number of nitrogens with zero attached hydrogens (tertiary/aromatic N) is 3. The van der Waals surface area contributed by atoms with Crippen LogP contribution in [0.3, 0.4) is 0 Å². The van der Waals surface area contributed by atoms with Gasteiger partial charge in [-0.25, -0.2) is 17.2 Å². The van der Waals surface area contributed by atoms with Crippen molar-refractivity contribution >= 4 is 28.1 Å². The summed E-state index contributed by atoms with van der Waals surface area (Å²) in [7, 11) is -3.94. The van der Waals surface area contributed by atoms with E-state index in [1.807, 2.05) is 18.7 Å². The zero-order chi connectivity index (χ0) is 24.9. The third kappa shape index (κ3) is 5.72. The van der Waals surface area contributed by atoms with E-state index in [-0.39, 0.29) is 46.8 Å². The number of piperidine rings is 1. The van der Waals surface area contributed by atoms with Crippen LogP contribution in [-0.4, -0.2) is 54.9 Å². The Labute approximate surface area is 199 Å². The van der Waals surface area contributed by atoms with E-state index >= 15 is 0 Å². The quantitative estimate of drug-likeness (QED) is 0.512. The molecule has 1 aliphatic heterocycles. The van der Waals surface area contributed by atoms with Gasteiger partial charge in [0.2, 0.25) is 15.9 Å². The van der Waals surface area contributed by atoms with Gasteiger partial charge in [0.25, 0.3) is 0 Å². The molecule has 0 N–H and O–H groups in total. The smallest absolute Gasteiger partial charge is 0.248 e. The average molecular weight is 496 g/mol. The number of halogens is 2. The van der Waals surface area contributed by atoms with Gasteiger partial charge in [-0.05, 0) is 56.9 Å². The molecule has 186 valence electrons. The molecule has 3 rings (SSSR count). The number of benzene rings is 1. The number of rotatable bonds is 9. The van der Waals surface area contributed by atoms with E-state index < -0.39 is 21.7 Å². The van der Waals surface area contributed by atoms with Crippen molar-refractivity contribution in [2.75, 3.05) is 26.2 Å². The van der Waals surface area contributed by atoms with E-state index in [0.29, 0.717) is 25.9 Å². The molecule has 0 aliphatic carbocycles. The minimum atomic E-state index is -3.94. The molecule has 2 heterocycles. The highest BCUT2D eigenvalue weighted by atomic mass is 32.2. The van der Waals surface area contributed by atoms with Crippen LogP contribution in [0.2, 0.25) is 0 Å². The fraction of sp³-hybridized carbons (Fsp3) is 0.500. The Hall–Kier alpha value is -2.59. The molecule has 0 spiro atoms. The summed E-state index contributed by atoms with van der Waals surface area (Å²) in [5, 5.41) is 3.79. The van der Waals surface area contributed by atoms with Crippen molar-refractivity contribution in [3.05, 3.63) is 46.9 Å². The molecule has 0 unspecified atom stereocenters. The highest BCUT2D eigenvalue weighted by Crippen LogP contribution is 2.30. The highest BCUT2D eigenvalue weighted by Gasteiger charge is 2.36. The maximum atomic E-state index is 13.9. The van der Waals surface area contributed by atoms with Gasteiger partial charge in [-0.1, -0.05) is 19.0 Å². The summed E-state index contributed by atoms with van der Waals surface area (Å²) < 4.78 is 60.4. The minimum absolute atomic E-state index is 0.0310. The Balaban J connectivity index is 1.76. The van der Waals surface area contributed by atoms with Crippen LogP contribution in [0.4, 0.5) is 8.78 Å². The summed E-state index contributed by atoms with van der Waals surface area (Å²) in [5.74, 6) is -1.62. The third-order valence-electron chi connectivity index (χ3n) is 5.91. The Morgan fingerprint density at radius 3 is 2.41 bits per heavy atom. The molecule has 34 heavy (non-hydrogen) atoms. The Kier molecular flexibility index (Phi) is 8.59. The van der Waals surface area contributed by atoms with Crippen molar-refractivity contribution in [3.63, 3.8) is 0 Å². The Morgan fingerprint density at radius 1 is 1.18 bits per heavy atom. The Morgan fingerprint density at radius 2 is 1.82 bits per heavy atom.